The maximum atomic E-state index is 12.0. The average molecular weight is 383 g/mol. The van der Waals surface area contributed by atoms with Crippen LogP contribution < -0.4 is 5.43 Å². The van der Waals surface area contributed by atoms with Gasteiger partial charge in [-0.05, 0) is 49.4 Å². The summed E-state index contributed by atoms with van der Waals surface area (Å²) in [4.78, 5) is 23.1. The molecule has 0 aliphatic carbocycles. The van der Waals surface area contributed by atoms with Gasteiger partial charge in [-0.15, -0.1) is 0 Å². The molecule has 3 rings (SSSR count). The van der Waals surface area contributed by atoms with Gasteiger partial charge < -0.3 is 9.52 Å². The minimum absolute atomic E-state index is 0.103. The predicted molar refractivity (Wildman–Crippen MR) is 102 cm³/mol. The first-order valence-electron chi connectivity index (χ1n) is 7.97. The van der Waals surface area contributed by atoms with Crippen molar-refractivity contribution in [3.05, 3.63) is 82.1 Å². The van der Waals surface area contributed by atoms with E-state index in [1.165, 1.54) is 24.4 Å². The standard InChI is InChI=1S/C20H15ClN2O4/c1-12-3-2-4-13(9-12)19(24)23-22-11-15-6-8-18(27-15)16-10-14(20(25)26)5-7-17(16)21/h2-11H,1H3,(H,23,24)(H,25,26)/b22-11-. The number of carbonyl (C=O) groups excluding carboxylic acids is 1. The summed E-state index contributed by atoms with van der Waals surface area (Å²) in [6.07, 6.45) is 1.35. The quantitative estimate of drug-likeness (QED) is 0.506. The van der Waals surface area contributed by atoms with Gasteiger partial charge in [0.05, 0.1) is 16.8 Å². The summed E-state index contributed by atoms with van der Waals surface area (Å²) < 4.78 is 5.61. The third-order valence-corrected chi connectivity index (χ3v) is 4.07. The number of hydrogen-bond acceptors (Lipinski definition) is 4. The normalized spacial score (nSPS) is 10.9. The number of rotatable bonds is 5. The Morgan fingerprint density at radius 3 is 2.67 bits per heavy atom. The largest absolute Gasteiger partial charge is 0.478 e. The SMILES string of the molecule is Cc1cccc(C(=O)N/N=C\c2ccc(-c3cc(C(=O)O)ccc3Cl)o2)c1. The maximum Gasteiger partial charge on any atom is 0.335 e. The van der Waals surface area contributed by atoms with E-state index >= 15 is 0 Å². The van der Waals surface area contributed by atoms with Gasteiger partial charge in [0, 0.05) is 11.1 Å². The van der Waals surface area contributed by atoms with Crippen LogP contribution in [0.5, 0.6) is 0 Å². The molecule has 0 radical (unpaired) electrons. The fraction of sp³-hybridized carbons (Fsp3) is 0.0500. The van der Waals surface area contributed by atoms with Gasteiger partial charge in [0.1, 0.15) is 11.5 Å². The summed E-state index contributed by atoms with van der Waals surface area (Å²) >= 11 is 6.13. The summed E-state index contributed by atoms with van der Waals surface area (Å²) in [5, 5.41) is 13.3. The summed E-state index contributed by atoms with van der Waals surface area (Å²) in [5.74, 6) is -0.611. The molecule has 2 N–H and O–H groups in total. The van der Waals surface area contributed by atoms with Crippen molar-refractivity contribution in [3.63, 3.8) is 0 Å². The highest BCUT2D eigenvalue weighted by Crippen LogP contribution is 2.30. The van der Waals surface area contributed by atoms with E-state index in [0.29, 0.717) is 27.7 Å². The lowest BCUT2D eigenvalue weighted by Crippen LogP contribution is -2.17. The Morgan fingerprint density at radius 1 is 1.11 bits per heavy atom. The van der Waals surface area contributed by atoms with Crippen LogP contribution in [-0.4, -0.2) is 23.2 Å². The van der Waals surface area contributed by atoms with Crippen LogP contribution >= 0.6 is 11.6 Å². The molecule has 7 heteroatoms. The van der Waals surface area contributed by atoms with E-state index in [1.807, 2.05) is 13.0 Å². The van der Waals surface area contributed by atoms with Crippen LogP contribution in [0.4, 0.5) is 0 Å². The van der Waals surface area contributed by atoms with Crippen LogP contribution in [0.25, 0.3) is 11.3 Å². The highest BCUT2D eigenvalue weighted by Gasteiger charge is 2.12. The van der Waals surface area contributed by atoms with Crippen LogP contribution in [-0.2, 0) is 0 Å². The number of halogens is 1. The molecule has 0 saturated carbocycles. The first kappa shape index (κ1) is 18.4. The van der Waals surface area contributed by atoms with Crippen molar-refractivity contribution in [2.45, 2.75) is 6.92 Å². The van der Waals surface area contributed by atoms with Gasteiger partial charge in [-0.25, -0.2) is 10.2 Å². The summed E-state index contributed by atoms with van der Waals surface area (Å²) in [6.45, 7) is 1.90. The third-order valence-electron chi connectivity index (χ3n) is 3.74. The van der Waals surface area contributed by atoms with Gasteiger partial charge in [-0.2, -0.15) is 5.10 Å². The number of hydrogen-bond donors (Lipinski definition) is 2. The van der Waals surface area contributed by atoms with E-state index in [9.17, 15) is 9.59 Å². The molecule has 1 aromatic heterocycles. The highest BCUT2D eigenvalue weighted by molar-refractivity contribution is 6.33. The molecule has 0 saturated heterocycles. The fourth-order valence-corrected chi connectivity index (χ4v) is 2.63. The second-order valence-electron chi connectivity index (χ2n) is 5.77. The van der Waals surface area contributed by atoms with Crippen molar-refractivity contribution >= 4 is 29.7 Å². The molecule has 0 spiro atoms. The van der Waals surface area contributed by atoms with E-state index in [2.05, 4.69) is 10.5 Å². The Kier molecular flexibility index (Phi) is 5.38. The smallest absolute Gasteiger partial charge is 0.335 e. The molecule has 0 aliphatic heterocycles. The number of carboxylic acid groups (broad SMARTS) is 1. The summed E-state index contributed by atoms with van der Waals surface area (Å²) in [6, 6.07) is 14.8. The van der Waals surface area contributed by atoms with E-state index < -0.39 is 5.97 Å². The number of nitrogens with one attached hydrogen (secondary N) is 1. The maximum absolute atomic E-state index is 12.0. The average Bonchev–Trinajstić information content (AvgIpc) is 3.10. The fourth-order valence-electron chi connectivity index (χ4n) is 2.42. The zero-order valence-corrected chi connectivity index (χ0v) is 15.0. The molecule has 1 heterocycles. The van der Waals surface area contributed by atoms with Gasteiger partial charge >= 0.3 is 5.97 Å². The number of carboxylic acids is 1. The van der Waals surface area contributed by atoms with E-state index in [1.54, 1.807) is 30.3 Å². The Labute approximate surface area is 160 Å². The number of aryl methyl sites for hydroxylation is 1. The number of hydrazone groups is 1. The second kappa shape index (κ2) is 7.88. The van der Waals surface area contributed by atoms with Crippen molar-refractivity contribution < 1.29 is 19.1 Å². The first-order chi connectivity index (χ1) is 12.9. The number of nitrogens with zero attached hydrogens (tertiary/aromatic N) is 1. The second-order valence-corrected chi connectivity index (χ2v) is 6.18. The lowest BCUT2D eigenvalue weighted by molar-refractivity contribution is 0.0696. The number of amides is 1. The first-order valence-corrected chi connectivity index (χ1v) is 8.35. The van der Waals surface area contributed by atoms with Gasteiger partial charge in [-0.3, -0.25) is 4.79 Å². The highest BCUT2D eigenvalue weighted by atomic mass is 35.5. The van der Waals surface area contributed by atoms with Crippen molar-refractivity contribution in [1.82, 2.24) is 5.43 Å². The molecule has 27 heavy (non-hydrogen) atoms. The molecule has 0 atom stereocenters. The minimum atomic E-state index is -1.06. The van der Waals surface area contributed by atoms with Crippen LogP contribution in [0.3, 0.4) is 0 Å². The zero-order valence-electron chi connectivity index (χ0n) is 14.3. The molecule has 6 nitrogen and oxygen atoms in total. The van der Waals surface area contributed by atoms with Gasteiger partial charge in [0.25, 0.3) is 5.91 Å². The van der Waals surface area contributed by atoms with E-state index in [0.717, 1.165) is 5.56 Å². The molecule has 136 valence electrons. The molecule has 1 amide bonds. The topological polar surface area (TPSA) is 91.9 Å². The molecule has 0 aliphatic rings. The van der Waals surface area contributed by atoms with Gasteiger partial charge in [0.15, 0.2) is 0 Å². The monoisotopic (exact) mass is 382 g/mol. The summed E-state index contributed by atoms with van der Waals surface area (Å²) in [5.41, 5.74) is 4.47. The van der Waals surface area contributed by atoms with Crippen molar-refractivity contribution in [2.24, 2.45) is 5.10 Å². The van der Waals surface area contributed by atoms with Crippen molar-refractivity contribution in [2.75, 3.05) is 0 Å². The van der Waals surface area contributed by atoms with Crippen LogP contribution in [0.2, 0.25) is 5.02 Å². The third kappa shape index (κ3) is 4.43. The molecule has 0 bridgehead atoms. The molecular weight excluding hydrogens is 368 g/mol. The van der Waals surface area contributed by atoms with Crippen LogP contribution in [0.1, 0.15) is 32.0 Å². The molecule has 2 aromatic carbocycles. The predicted octanol–water partition coefficient (Wildman–Crippen LogP) is 4.37. The molecule has 0 unspecified atom stereocenters. The number of carbonyl (C=O) groups is 2. The Morgan fingerprint density at radius 2 is 1.93 bits per heavy atom. The summed E-state index contributed by atoms with van der Waals surface area (Å²) in [7, 11) is 0. The number of benzene rings is 2. The Bertz CT molecular complexity index is 1040. The Balaban J connectivity index is 1.73. The van der Waals surface area contributed by atoms with Gasteiger partial charge in [-0.1, -0.05) is 29.3 Å². The molecular formula is C20H15ClN2O4. The lowest BCUT2D eigenvalue weighted by Gasteiger charge is -2.02. The van der Waals surface area contributed by atoms with Gasteiger partial charge in [0.2, 0.25) is 0 Å². The number of aromatic carboxylic acids is 1. The van der Waals surface area contributed by atoms with Crippen molar-refractivity contribution in [3.8, 4) is 11.3 Å². The Hall–Kier alpha value is -3.38. The zero-order chi connectivity index (χ0) is 19.4. The molecule has 0 fully saturated rings. The van der Waals surface area contributed by atoms with Crippen LogP contribution in [0, 0.1) is 6.92 Å². The van der Waals surface area contributed by atoms with E-state index in [-0.39, 0.29) is 11.5 Å². The van der Waals surface area contributed by atoms with Crippen LogP contribution in [0.15, 0.2) is 64.1 Å². The van der Waals surface area contributed by atoms with Crippen molar-refractivity contribution in [1.29, 1.82) is 0 Å². The molecule has 3 aromatic rings. The minimum Gasteiger partial charge on any atom is -0.478 e. The number of furan rings is 1. The van der Waals surface area contributed by atoms with E-state index in [4.69, 9.17) is 21.1 Å². The lowest BCUT2D eigenvalue weighted by atomic mass is 10.1.